The zero-order chi connectivity index (χ0) is 11.6. The fourth-order valence-corrected chi connectivity index (χ4v) is 2.94. The van der Waals surface area contributed by atoms with E-state index in [-0.39, 0.29) is 0 Å². The number of hydrogen-bond donors (Lipinski definition) is 1. The first-order valence-corrected chi connectivity index (χ1v) is 6.69. The third kappa shape index (κ3) is 2.92. The SMILES string of the molecule is CCNc1nnc(CN2CCC(C)(C)C2)s1. The second kappa shape index (κ2) is 4.67. The van der Waals surface area contributed by atoms with Crippen LogP contribution in [-0.4, -0.2) is 34.7 Å². The first-order chi connectivity index (χ1) is 7.59. The van der Waals surface area contributed by atoms with Gasteiger partial charge in [-0.15, -0.1) is 10.2 Å². The molecule has 1 N–H and O–H groups in total. The summed E-state index contributed by atoms with van der Waals surface area (Å²) in [5, 5.41) is 13.6. The largest absolute Gasteiger partial charge is 0.360 e. The highest BCUT2D eigenvalue weighted by atomic mass is 32.1. The van der Waals surface area contributed by atoms with Crippen molar-refractivity contribution in [2.75, 3.05) is 25.0 Å². The fourth-order valence-electron chi connectivity index (χ4n) is 2.09. The zero-order valence-corrected chi connectivity index (χ0v) is 11.1. The second-order valence-electron chi connectivity index (χ2n) is 5.16. The molecule has 16 heavy (non-hydrogen) atoms. The van der Waals surface area contributed by atoms with Gasteiger partial charge >= 0.3 is 0 Å². The van der Waals surface area contributed by atoms with Crippen molar-refractivity contribution in [2.24, 2.45) is 5.41 Å². The molecular formula is C11H20N4S. The van der Waals surface area contributed by atoms with Crippen molar-refractivity contribution >= 4 is 16.5 Å². The molecule has 1 aliphatic rings. The van der Waals surface area contributed by atoms with Gasteiger partial charge in [0.2, 0.25) is 5.13 Å². The monoisotopic (exact) mass is 240 g/mol. The third-order valence-corrected chi connectivity index (χ3v) is 3.78. The van der Waals surface area contributed by atoms with E-state index in [0.29, 0.717) is 5.41 Å². The number of rotatable bonds is 4. The minimum absolute atomic E-state index is 0.467. The Labute approximate surface area is 101 Å². The zero-order valence-electron chi connectivity index (χ0n) is 10.3. The van der Waals surface area contributed by atoms with E-state index in [1.165, 1.54) is 19.5 Å². The number of aromatic nitrogens is 2. The molecule has 0 bridgehead atoms. The molecule has 5 heteroatoms. The molecule has 2 heterocycles. The second-order valence-corrected chi connectivity index (χ2v) is 6.22. The van der Waals surface area contributed by atoms with Gasteiger partial charge in [0, 0.05) is 13.1 Å². The van der Waals surface area contributed by atoms with Gasteiger partial charge in [0.25, 0.3) is 0 Å². The lowest BCUT2D eigenvalue weighted by atomic mass is 9.93. The topological polar surface area (TPSA) is 41.1 Å². The van der Waals surface area contributed by atoms with Crippen LogP contribution >= 0.6 is 11.3 Å². The molecule has 0 amide bonds. The first-order valence-electron chi connectivity index (χ1n) is 5.88. The third-order valence-electron chi connectivity index (χ3n) is 2.91. The van der Waals surface area contributed by atoms with Crippen molar-refractivity contribution in [3.63, 3.8) is 0 Å². The Bertz CT molecular complexity index is 348. The molecule has 0 atom stereocenters. The summed E-state index contributed by atoms with van der Waals surface area (Å²) in [4.78, 5) is 2.47. The molecule has 4 nitrogen and oxygen atoms in total. The van der Waals surface area contributed by atoms with Gasteiger partial charge in [0.15, 0.2) is 0 Å². The molecule has 0 saturated carbocycles. The summed E-state index contributed by atoms with van der Waals surface area (Å²) in [6.07, 6.45) is 1.28. The van der Waals surface area contributed by atoms with Gasteiger partial charge in [0.05, 0.1) is 6.54 Å². The molecule has 1 aromatic heterocycles. The lowest BCUT2D eigenvalue weighted by Crippen LogP contribution is -2.22. The Morgan fingerprint density at radius 2 is 2.25 bits per heavy atom. The summed E-state index contributed by atoms with van der Waals surface area (Å²) in [5.41, 5.74) is 0.467. The summed E-state index contributed by atoms with van der Waals surface area (Å²) >= 11 is 1.67. The van der Waals surface area contributed by atoms with Crippen molar-refractivity contribution in [1.29, 1.82) is 0 Å². The number of nitrogens with zero attached hydrogens (tertiary/aromatic N) is 3. The standard InChI is InChI=1S/C11H20N4S/c1-4-12-10-14-13-9(16-10)7-15-6-5-11(2,3)8-15/h4-8H2,1-3H3,(H,12,14). The maximum atomic E-state index is 4.21. The Morgan fingerprint density at radius 1 is 1.44 bits per heavy atom. The Balaban J connectivity index is 1.89. The number of anilines is 1. The summed E-state index contributed by atoms with van der Waals surface area (Å²) < 4.78 is 0. The minimum atomic E-state index is 0.467. The van der Waals surface area contributed by atoms with Crippen LogP contribution in [0.5, 0.6) is 0 Å². The molecule has 0 radical (unpaired) electrons. The van der Waals surface area contributed by atoms with Crippen LogP contribution in [0.1, 0.15) is 32.2 Å². The average molecular weight is 240 g/mol. The number of nitrogens with one attached hydrogen (secondary N) is 1. The van der Waals surface area contributed by atoms with E-state index < -0.39 is 0 Å². The van der Waals surface area contributed by atoms with Gasteiger partial charge in [-0.25, -0.2) is 0 Å². The van der Waals surface area contributed by atoms with Gasteiger partial charge < -0.3 is 5.32 Å². The van der Waals surface area contributed by atoms with Gasteiger partial charge in [0.1, 0.15) is 5.01 Å². The van der Waals surface area contributed by atoms with Crippen LogP contribution in [0.25, 0.3) is 0 Å². The van der Waals surface area contributed by atoms with Crippen molar-refractivity contribution in [1.82, 2.24) is 15.1 Å². The van der Waals surface area contributed by atoms with Crippen LogP contribution in [-0.2, 0) is 6.54 Å². The molecule has 1 aromatic rings. The van der Waals surface area contributed by atoms with Crippen LogP contribution in [0, 0.1) is 5.41 Å². The van der Waals surface area contributed by atoms with Crippen LogP contribution in [0.4, 0.5) is 5.13 Å². The summed E-state index contributed by atoms with van der Waals surface area (Å²) in [6.45, 7) is 10.9. The average Bonchev–Trinajstić information content (AvgIpc) is 2.75. The highest BCUT2D eigenvalue weighted by molar-refractivity contribution is 7.15. The molecule has 90 valence electrons. The molecule has 0 aliphatic carbocycles. The molecule has 1 fully saturated rings. The first kappa shape index (κ1) is 11.8. The summed E-state index contributed by atoms with van der Waals surface area (Å²) in [5.74, 6) is 0. The van der Waals surface area contributed by atoms with E-state index in [0.717, 1.165) is 23.2 Å². The molecule has 2 rings (SSSR count). The molecular weight excluding hydrogens is 220 g/mol. The van der Waals surface area contributed by atoms with E-state index in [1.807, 2.05) is 0 Å². The minimum Gasteiger partial charge on any atom is -0.360 e. The molecule has 0 spiro atoms. The maximum absolute atomic E-state index is 4.21. The van der Waals surface area contributed by atoms with Crippen LogP contribution in [0.3, 0.4) is 0 Å². The molecule has 1 saturated heterocycles. The van der Waals surface area contributed by atoms with Crippen LogP contribution < -0.4 is 5.32 Å². The Morgan fingerprint density at radius 3 is 2.88 bits per heavy atom. The number of likely N-dealkylation sites (tertiary alicyclic amines) is 1. The van der Waals surface area contributed by atoms with Crippen LogP contribution in [0.15, 0.2) is 0 Å². The fraction of sp³-hybridized carbons (Fsp3) is 0.818. The van der Waals surface area contributed by atoms with Crippen LogP contribution in [0.2, 0.25) is 0 Å². The summed E-state index contributed by atoms with van der Waals surface area (Å²) in [7, 11) is 0. The van der Waals surface area contributed by atoms with E-state index >= 15 is 0 Å². The summed E-state index contributed by atoms with van der Waals surface area (Å²) in [6, 6.07) is 0. The normalized spacial score (nSPS) is 20.2. The van der Waals surface area contributed by atoms with E-state index in [9.17, 15) is 0 Å². The maximum Gasteiger partial charge on any atom is 0.205 e. The van der Waals surface area contributed by atoms with Crippen molar-refractivity contribution in [2.45, 2.75) is 33.7 Å². The van der Waals surface area contributed by atoms with Gasteiger partial charge in [-0.05, 0) is 25.3 Å². The predicted molar refractivity (Wildman–Crippen MR) is 67.7 cm³/mol. The van der Waals surface area contributed by atoms with Gasteiger partial charge in [-0.2, -0.15) is 0 Å². The van der Waals surface area contributed by atoms with Crippen molar-refractivity contribution in [3.8, 4) is 0 Å². The van der Waals surface area contributed by atoms with Crippen molar-refractivity contribution < 1.29 is 0 Å². The quantitative estimate of drug-likeness (QED) is 0.876. The lowest BCUT2D eigenvalue weighted by Gasteiger charge is -2.18. The molecule has 0 unspecified atom stereocenters. The highest BCUT2D eigenvalue weighted by Gasteiger charge is 2.29. The van der Waals surface area contributed by atoms with Gasteiger partial charge in [-0.3, -0.25) is 4.90 Å². The smallest absolute Gasteiger partial charge is 0.205 e. The van der Waals surface area contributed by atoms with E-state index in [2.05, 4.69) is 41.2 Å². The highest BCUT2D eigenvalue weighted by Crippen LogP contribution is 2.30. The molecule has 0 aromatic carbocycles. The number of hydrogen-bond acceptors (Lipinski definition) is 5. The predicted octanol–water partition coefficient (Wildman–Crippen LogP) is 2.20. The lowest BCUT2D eigenvalue weighted by molar-refractivity contribution is 0.283. The Kier molecular flexibility index (Phi) is 3.44. The Hall–Kier alpha value is -0.680. The van der Waals surface area contributed by atoms with E-state index in [1.54, 1.807) is 11.3 Å². The van der Waals surface area contributed by atoms with E-state index in [4.69, 9.17) is 0 Å². The molecule has 1 aliphatic heterocycles. The van der Waals surface area contributed by atoms with Crippen molar-refractivity contribution in [3.05, 3.63) is 5.01 Å². The van der Waals surface area contributed by atoms with Gasteiger partial charge in [-0.1, -0.05) is 25.2 Å².